The number of rotatable bonds is 5. The van der Waals surface area contributed by atoms with Crippen LogP contribution in [0.2, 0.25) is 5.02 Å². The fourth-order valence-corrected chi connectivity index (χ4v) is 2.02. The first-order valence-electron chi connectivity index (χ1n) is 5.77. The number of nitrogens with zero attached hydrogens (tertiary/aromatic N) is 2. The molecule has 0 aliphatic heterocycles. The molecule has 0 saturated heterocycles. The van der Waals surface area contributed by atoms with Crippen molar-refractivity contribution in [2.75, 3.05) is 0 Å². The monoisotopic (exact) mass is 267 g/mol. The highest BCUT2D eigenvalue weighted by molar-refractivity contribution is 6.30. The molecule has 0 radical (unpaired) electrons. The predicted molar refractivity (Wildman–Crippen MR) is 69.9 cm³/mol. The largest absolute Gasteiger partial charge is 0.336 e. The van der Waals surface area contributed by atoms with E-state index in [2.05, 4.69) is 17.2 Å². The lowest BCUT2D eigenvalue weighted by molar-refractivity contribution is 0.475. The highest BCUT2D eigenvalue weighted by Crippen LogP contribution is 2.14. The number of nitrogens with one attached hydrogen (secondary N) is 1. The first-order valence-corrected chi connectivity index (χ1v) is 6.15. The third kappa shape index (κ3) is 3.82. The van der Waals surface area contributed by atoms with Gasteiger partial charge in [-0.05, 0) is 30.7 Å². The van der Waals surface area contributed by atoms with Gasteiger partial charge in [-0.2, -0.15) is 0 Å². The van der Waals surface area contributed by atoms with Crippen molar-refractivity contribution in [3.05, 3.63) is 53.3 Å². The van der Waals surface area contributed by atoms with Gasteiger partial charge in [-0.25, -0.2) is 9.37 Å². The molecular formula is C13H15ClFN3. The molecule has 0 bridgehead atoms. The van der Waals surface area contributed by atoms with Crippen molar-refractivity contribution in [3.8, 4) is 0 Å². The molecule has 96 valence electrons. The van der Waals surface area contributed by atoms with Gasteiger partial charge in [0.25, 0.3) is 0 Å². The Morgan fingerprint density at radius 1 is 1.44 bits per heavy atom. The van der Waals surface area contributed by atoms with Gasteiger partial charge in [-0.15, -0.1) is 0 Å². The van der Waals surface area contributed by atoms with Crippen LogP contribution in [0.5, 0.6) is 0 Å². The molecule has 2 aromatic rings. The van der Waals surface area contributed by atoms with Crippen molar-refractivity contribution < 1.29 is 4.39 Å². The van der Waals surface area contributed by atoms with E-state index < -0.39 is 0 Å². The summed E-state index contributed by atoms with van der Waals surface area (Å²) in [4.78, 5) is 3.98. The Balaban J connectivity index is 1.87. The molecule has 0 saturated carbocycles. The van der Waals surface area contributed by atoms with Crippen molar-refractivity contribution in [2.24, 2.45) is 0 Å². The maximum Gasteiger partial charge on any atom is 0.125 e. The minimum atomic E-state index is -0.304. The zero-order valence-electron chi connectivity index (χ0n) is 10.1. The average molecular weight is 268 g/mol. The standard InChI is InChI=1S/C13H15ClFN3/c1-10(8-18-3-2-16-9-18)17-7-11-4-12(14)6-13(15)5-11/h2-6,9-10,17H,7-8H2,1H3. The summed E-state index contributed by atoms with van der Waals surface area (Å²) >= 11 is 5.80. The van der Waals surface area contributed by atoms with E-state index in [-0.39, 0.29) is 11.9 Å². The van der Waals surface area contributed by atoms with Crippen LogP contribution in [0.4, 0.5) is 4.39 Å². The molecule has 0 fully saturated rings. The normalized spacial score (nSPS) is 12.6. The van der Waals surface area contributed by atoms with Crippen molar-refractivity contribution >= 4 is 11.6 Å². The molecule has 1 aromatic carbocycles. The summed E-state index contributed by atoms with van der Waals surface area (Å²) in [6.45, 7) is 3.48. The summed E-state index contributed by atoms with van der Waals surface area (Å²) in [6.07, 6.45) is 5.44. The second-order valence-corrected chi connectivity index (χ2v) is 4.76. The van der Waals surface area contributed by atoms with Crippen LogP contribution in [0, 0.1) is 5.82 Å². The first kappa shape index (κ1) is 13.1. The van der Waals surface area contributed by atoms with Crippen LogP contribution >= 0.6 is 11.6 Å². The molecule has 1 N–H and O–H groups in total. The van der Waals surface area contributed by atoms with E-state index in [1.54, 1.807) is 18.6 Å². The number of imidazole rings is 1. The van der Waals surface area contributed by atoms with Gasteiger partial charge < -0.3 is 9.88 Å². The SMILES string of the molecule is CC(Cn1ccnc1)NCc1cc(F)cc(Cl)c1. The van der Waals surface area contributed by atoms with Gasteiger partial charge >= 0.3 is 0 Å². The molecule has 18 heavy (non-hydrogen) atoms. The molecule has 0 spiro atoms. The maximum atomic E-state index is 13.1. The topological polar surface area (TPSA) is 29.9 Å². The molecule has 5 heteroatoms. The van der Waals surface area contributed by atoms with E-state index in [4.69, 9.17) is 11.6 Å². The van der Waals surface area contributed by atoms with Crippen LogP contribution in [0.1, 0.15) is 12.5 Å². The number of benzene rings is 1. The van der Waals surface area contributed by atoms with Crippen LogP contribution in [0.15, 0.2) is 36.9 Å². The smallest absolute Gasteiger partial charge is 0.125 e. The second-order valence-electron chi connectivity index (χ2n) is 4.32. The number of hydrogen-bond donors (Lipinski definition) is 1. The fraction of sp³-hybridized carbons (Fsp3) is 0.308. The molecular weight excluding hydrogens is 253 g/mol. The van der Waals surface area contributed by atoms with Crippen LogP contribution in [-0.2, 0) is 13.1 Å². The van der Waals surface area contributed by atoms with E-state index in [0.29, 0.717) is 11.6 Å². The van der Waals surface area contributed by atoms with Crippen LogP contribution in [0.3, 0.4) is 0 Å². The number of hydrogen-bond acceptors (Lipinski definition) is 2. The van der Waals surface area contributed by atoms with Crippen molar-refractivity contribution in [1.29, 1.82) is 0 Å². The third-order valence-electron chi connectivity index (χ3n) is 2.62. The maximum absolute atomic E-state index is 13.1. The Hall–Kier alpha value is -1.39. The third-order valence-corrected chi connectivity index (χ3v) is 2.84. The Kier molecular flexibility index (Phi) is 4.33. The number of aromatic nitrogens is 2. The highest BCUT2D eigenvalue weighted by Gasteiger charge is 2.04. The summed E-state index contributed by atoms with van der Waals surface area (Å²) in [7, 11) is 0. The lowest BCUT2D eigenvalue weighted by Gasteiger charge is -2.14. The number of halogens is 2. The Morgan fingerprint density at radius 2 is 2.28 bits per heavy atom. The molecule has 3 nitrogen and oxygen atoms in total. The summed E-state index contributed by atoms with van der Waals surface area (Å²) < 4.78 is 15.1. The summed E-state index contributed by atoms with van der Waals surface area (Å²) in [5, 5.41) is 3.74. The van der Waals surface area contributed by atoms with Gasteiger partial charge in [0.05, 0.1) is 6.33 Å². The lowest BCUT2D eigenvalue weighted by Crippen LogP contribution is -2.29. The Labute approximate surface area is 111 Å². The van der Waals surface area contributed by atoms with Crippen molar-refractivity contribution in [2.45, 2.75) is 26.1 Å². The first-order chi connectivity index (χ1) is 8.63. The Morgan fingerprint density at radius 3 is 2.94 bits per heavy atom. The molecule has 1 heterocycles. The van der Waals surface area contributed by atoms with Gasteiger partial charge in [-0.1, -0.05) is 11.6 Å². The van der Waals surface area contributed by atoms with Crippen LogP contribution < -0.4 is 5.32 Å². The van der Waals surface area contributed by atoms with Crippen molar-refractivity contribution in [3.63, 3.8) is 0 Å². The van der Waals surface area contributed by atoms with Gasteiger partial charge in [0.1, 0.15) is 5.82 Å². The van der Waals surface area contributed by atoms with Gasteiger partial charge in [0, 0.05) is 36.5 Å². The molecule has 1 atom stereocenters. The predicted octanol–water partition coefficient (Wildman–Crippen LogP) is 2.85. The van der Waals surface area contributed by atoms with Gasteiger partial charge in [0.2, 0.25) is 0 Å². The quantitative estimate of drug-likeness (QED) is 0.903. The van der Waals surface area contributed by atoms with E-state index >= 15 is 0 Å². The second kappa shape index (κ2) is 5.98. The lowest BCUT2D eigenvalue weighted by atomic mass is 10.2. The Bertz CT molecular complexity index is 479. The molecule has 0 aliphatic rings. The van der Waals surface area contributed by atoms with E-state index in [1.165, 1.54) is 12.1 Å². The molecule has 0 aliphatic carbocycles. The summed E-state index contributed by atoms with van der Waals surface area (Å²) in [5.74, 6) is -0.304. The van der Waals surface area contributed by atoms with E-state index in [9.17, 15) is 4.39 Å². The molecule has 1 aromatic heterocycles. The molecule has 2 rings (SSSR count). The minimum absolute atomic E-state index is 0.265. The van der Waals surface area contributed by atoms with Gasteiger partial charge in [0.15, 0.2) is 0 Å². The van der Waals surface area contributed by atoms with Crippen LogP contribution in [0.25, 0.3) is 0 Å². The minimum Gasteiger partial charge on any atom is -0.336 e. The van der Waals surface area contributed by atoms with Gasteiger partial charge in [-0.3, -0.25) is 0 Å². The van der Waals surface area contributed by atoms with E-state index in [1.807, 2.05) is 10.8 Å². The zero-order valence-corrected chi connectivity index (χ0v) is 10.9. The zero-order chi connectivity index (χ0) is 13.0. The average Bonchev–Trinajstić information content (AvgIpc) is 2.78. The van der Waals surface area contributed by atoms with E-state index in [0.717, 1.165) is 12.1 Å². The summed E-state index contributed by atoms with van der Waals surface area (Å²) in [5.41, 5.74) is 0.845. The molecule has 1 unspecified atom stereocenters. The highest BCUT2D eigenvalue weighted by atomic mass is 35.5. The van der Waals surface area contributed by atoms with Crippen molar-refractivity contribution in [1.82, 2.24) is 14.9 Å². The van der Waals surface area contributed by atoms with Crippen LogP contribution in [-0.4, -0.2) is 15.6 Å². The fourth-order valence-electron chi connectivity index (χ4n) is 1.78. The summed E-state index contributed by atoms with van der Waals surface area (Å²) in [6, 6.07) is 4.82. The molecule has 0 amide bonds.